The summed E-state index contributed by atoms with van der Waals surface area (Å²) in [5.41, 5.74) is 2.77. The maximum absolute atomic E-state index is 11.7. The summed E-state index contributed by atoms with van der Waals surface area (Å²) in [4.78, 5) is 13.4. The van der Waals surface area contributed by atoms with Crippen LogP contribution in [0.2, 0.25) is 0 Å². The van der Waals surface area contributed by atoms with Gasteiger partial charge in [-0.2, -0.15) is 0 Å². The predicted octanol–water partition coefficient (Wildman–Crippen LogP) is 1.48. The molecule has 1 N–H and O–H groups in total. The highest BCUT2D eigenvalue weighted by molar-refractivity contribution is 6.02. The van der Waals surface area contributed by atoms with Gasteiger partial charge in [-0.3, -0.25) is 4.79 Å². The molecule has 0 unspecified atom stereocenters. The summed E-state index contributed by atoms with van der Waals surface area (Å²) >= 11 is 0. The van der Waals surface area contributed by atoms with Crippen LogP contribution in [-0.4, -0.2) is 24.7 Å². The van der Waals surface area contributed by atoms with Crippen molar-refractivity contribution in [2.45, 2.75) is 25.7 Å². The summed E-state index contributed by atoms with van der Waals surface area (Å²) in [6.07, 6.45) is 0.473. The largest absolute Gasteiger partial charge is 0.395 e. The van der Waals surface area contributed by atoms with Crippen molar-refractivity contribution in [3.8, 4) is 0 Å². The van der Waals surface area contributed by atoms with E-state index in [1.165, 1.54) is 0 Å². The number of anilines is 1. The van der Waals surface area contributed by atoms with Gasteiger partial charge in [0.15, 0.2) is 0 Å². The van der Waals surface area contributed by atoms with E-state index in [1.54, 1.807) is 11.9 Å². The van der Waals surface area contributed by atoms with E-state index in [-0.39, 0.29) is 17.9 Å². The smallest absolute Gasteiger partial charge is 0.231 e. The summed E-state index contributed by atoms with van der Waals surface area (Å²) < 4.78 is 0. The molecule has 0 aromatic heterocycles. The molecule has 1 heterocycles. The van der Waals surface area contributed by atoms with E-state index in [0.29, 0.717) is 6.42 Å². The molecule has 0 saturated heterocycles. The summed E-state index contributed by atoms with van der Waals surface area (Å²) in [6, 6.07) is 5.93. The zero-order valence-corrected chi connectivity index (χ0v) is 9.95. The van der Waals surface area contributed by atoms with Crippen molar-refractivity contribution in [3.05, 3.63) is 29.3 Å². The van der Waals surface area contributed by atoms with Gasteiger partial charge in [0.1, 0.15) is 0 Å². The molecule has 0 fully saturated rings. The monoisotopic (exact) mass is 219 g/mol. The first-order valence-electron chi connectivity index (χ1n) is 5.47. The maximum atomic E-state index is 11.7. The molecule has 86 valence electrons. The molecule has 0 aliphatic carbocycles. The zero-order chi connectivity index (χ0) is 11.9. The normalized spacial score (nSPS) is 15.5. The lowest BCUT2D eigenvalue weighted by Gasteiger charge is -2.27. The first-order valence-corrected chi connectivity index (χ1v) is 5.47. The summed E-state index contributed by atoms with van der Waals surface area (Å²) in [5.74, 6) is 0.121. The fourth-order valence-electron chi connectivity index (χ4n) is 2.17. The van der Waals surface area contributed by atoms with Crippen LogP contribution in [0.4, 0.5) is 5.69 Å². The van der Waals surface area contributed by atoms with Gasteiger partial charge in [0.25, 0.3) is 0 Å². The van der Waals surface area contributed by atoms with Crippen LogP contribution in [0.25, 0.3) is 0 Å². The topological polar surface area (TPSA) is 40.5 Å². The number of benzene rings is 1. The first kappa shape index (κ1) is 11.1. The van der Waals surface area contributed by atoms with Gasteiger partial charge < -0.3 is 10.0 Å². The second-order valence-electron chi connectivity index (χ2n) is 4.98. The van der Waals surface area contributed by atoms with Crippen LogP contribution >= 0.6 is 0 Å². The summed E-state index contributed by atoms with van der Waals surface area (Å²) in [7, 11) is 1.80. The molecular formula is C13H17NO2. The average molecular weight is 219 g/mol. The van der Waals surface area contributed by atoms with Crippen LogP contribution in [-0.2, 0) is 16.6 Å². The number of carbonyl (C=O) groups is 1. The molecule has 1 aromatic rings. The Labute approximate surface area is 95.7 Å². The van der Waals surface area contributed by atoms with Crippen LogP contribution in [0.1, 0.15) is 25.0 Å². The minimum atomic E-state index is -0.315. The Morgan fingerprint density at radius 3 is 2.75 bits per heavy atom. The fourth-order valence-corrected chi connectivity index (χ4v) is 2.17. The van der Waals surface area contributed by atoms with Gasteiger partial charge >= 0.3 is 0 Å². The fraction of sp³-hybridized carbons (Fsp3) is 0.462. The Kier molecular flexibility index (Phi) is 2.50. The lowest BCUT2D eigenvalue weighted by Crippen LogP contribution is -2.27. The molecule has 0 saturated carbocycles. The first-order chi connectivity index (χ1) is 7.47. The van der Waals surface area contributed by atoms with Crippen molar-refractivity contribution in [3.63, 3.8) is 0 Å². The van der Waals surface area contributed by atoms with Gasteiger partial charge in [0.05, 0.1) is 18.7 Å². The van der Waals surface area contributed by atoms with Gasteiger partial charge in [-0.15, -0.1) is 0 Å². The molecular weight excluding hydrogens is 202 g/mol. The third kappa shape index (κ3) is 1.52. The van der Waals surface area contributed by atoms with Gasteiger partial charge in [0, 0.05) is 12.5 Å². The van der Waals surface area contributed by atoms with Gasteiger partial charge in [-0.1, -0.05) is 32.0 Å². The highest BCUT2D eigenvalue weighted by atomic mass is 16.3. The molecule has 16 heavy (non-hydrogen) atoms. The van der Waals surface area contributed by atoms with E-state index in [9.17, 15) is 9.90 Å². The molecule has 3 heteroatoms. The average Bonchev–Trinajstić information content (AvgIpc) is 2.55. The second-order valence-corrected chi connectivity index (χ2v) is 4.98. The lowest BCUT2D eigenvalue weighted by molar-refractivity contribution is -0.117. The quantitative estimate of drug-likeness (QED) is 0.818. The number of likely N-dealkylation sites (N-methyl/N-ethyl adjacent to an activating group) is 1. The third-order valence-electron chi connectivity index (χ3n) is 3.30. The number of rotatable bonds is 2. The van der Waals surface area contributed by atoms with E-state index in [1.807, 2.05) is 32.0 Å². The van der Waals surface area contributed by atoms with E-state index in [0.717, 1.165) is 16.8 Å². The predicted molar refractivity (Wildman–Crippen MR) is 63.7 cm³/mol. The Morgan fingerprint density at radius 1 is 1.44 bits per heavy atom. The van der Waals surface area contributed by atoms with Crippen LogP contribution < -0.4 is 4.90 Å². The molecule has 3 nitrogen and oxygen atoms in total. The Bertz CT molecular complexity index is 438. The van der Waals surface area contributed by atoms with E-state index < -0.39 is 0 Å². The number of amides is 1. The molecule has 0 spiro atoms. The Balaban J connectivity index is 2.59. The lowest BCUT2D eigenvalue weighted by atomic mass is 9.83. The molecule has 1 amide bonds. The highest BCUT2D eigenvalue weighted by Crippen LogP contribution is 2.38. The van der Waals surface area contributed by atoms with Gasteiger partial charge in [0.2, 0.25) is 5.91 Å². The van der Waals surface area contributed by atoms with Crippen LogP contribution in [0.3, 0.4) is 0 Å². The van der Waals surface area contributed by atoms with E-state index >= 15 is 0 Å². The van der Waals surface area contributed by atoms with Crippen molar-refractivity contribution in [2.24, 2.45) is 0 Å². The number of carbonyl (C=O) groups excluding carboxylic acids is 1. The summed E-state index contributed by atoms with van der Waals surface area (Å²) in [5, 5.41) is 9.43. The van der Waals surface area contributed by atoms with Crippen LogP contribution in [0, 0.1) is 0 Å². The standard InChI is InChI=1S/C13H17NO2/c1-13(2,8-15)10-6-4-5-9-7-11(16)14(3)12(9)10/h4-6,15H,7-8H2,1-3H3. The minimum Gasteiger partial charge on any atom is -0.395 e. The second kappa shape index (κ2) is 3.59. The van der Waals surface area contributed by atoms with Crippen molar-refractivity contribution in [2.75, 3.05) is 18.6 Å². The Hall–Kier alpha value is -1.35. The van der Waals surface area contributed by atoms with Gasteiger partial charge in [-0.05, 0) is 11.1 Å². The number of hydrogen-bond donors (Lipinski definition) is 1. The zero-order valence-electron chi connectivity index (χ0n) is 9.95. The number of nitrogens with zero attached hydrogens (tertiary/aromatic N) is 1. The van der Waals surface area contributed by atoms with Crippen LogP contribution in [0.15, 0.2) is 18.2 Å². The summed E-state index contributed by atoms with van der Waals surface area (Å²) in [6.45, 7) is 4.05. The van der Waals surface area contributed by atoms with E-state index in [4.69, 9.17) is 0 Å². The molecule has 1 aliphatic heterocycles. The molecule has 0 bridgehead atoms. The molecule has 0 radical (unpaired) electrons. The molecule has 0 atom stereocenters. The van der Waals surface area contributed by atoms with Crippen LogP contribution in [0.5, 0.6) is 0 Å². The molecule has 2 rings (SSSR count). The van der Waals surface area contributed by atoms with Crippen molar-refractivity contribution >= 4 is 11.6 Å². The number of aliphatic hydroxyl groups excluding tert-OH is 1. The molecule has 1 aliphatic rings. The van der Waals surface area contributed by atoms with Gasteiger partial charge in [-0.25, -0.2) is 0 Å². The van der Waals surface area contributed by atoms with Crippen molar-refractivity contribution in [1.82, 2.24) is 0 Å². The third-order valence-corrected chi connectivity index (χ3v) is 3.30. The van der Waals surface area contributed by atoms with Crippen molar-refractivity contribution < 1.29 is 9.90 Å². The van der Waals surface area contributed by atoms with E-state index in [2.05, 4.69) is 0 Å². The number of fused-ring (bicyclic) bond motifs is 1. The minimum absolute atomic E-state index is 0.0749. The number of aliphatic hydroxyl groups is 1. The number of para-hydroxylation sites is 1. The molecule has 1 aromatic carbocycles. The number of hydrogen-bond acceptors (Lipinski definition) is 2. The Morgan fingerprint density at radius 2 is 2.12 bits per heavy atom. The van der Waals surface area contributed by atoms with Crippen molar-refractivity contribution in [1.29, 1.82) is 0 Å². The maximum Gasteiger partial charge on any atom is 0.231 e. The highest BCUT2D eigenvalue weighted by Gasteiger charge is 2.32. The SMILES string of the molecule is CN1C(=O)Cc2cccc(C(C)(C)CO)c21.